The minimum Gasteiger partial charge on any atom is -0.384 e. The molecule has 0 radical (unpaired) electrons. The lowest BCUT2D eigenvalue weighted by molar-refractivity contribution is -0.136. The first-order chi connectivity index (χ1) is 29.2. The number of carbonyl (C=O) groups excluding carboxylic acids is 5. The number of aromatic nitrogens is 4. The third kappa shape index (κ3) is 7.53. The summed E-state index contributed by atoms with van der Waals surface area (Å²) in [7, 11) is 0. The molecule has 5 aromatic rings. The molecule has 2 aromatic carbocycles. The van der Waals surface area contributed by atoms with Crippen molar-refractivity contribution in [2.45, 2.75) is 63.5 Å². The predicted molar refractivity (Wildman–Crippen MR) is 221 cm³/mol. The quantitative estimate of drug-likeness (QED) is 0.129. The Kier molecular flexibility index (Phi) is 10.7. The van der Waals surface area contributed by atoms with Gasteiger partial charge in [0.25, 0.3) is 11.8 Å². The number of amides is 5. The Balaban J connectivity index is 0.753. The van der Waals surface area contributed by atoms with E-state index in [2.05, 4.69) is 25.4 Å². The van der Waals surface area contributed by atoms with Gasteiger partial charge >= 0.3 is 0 Å². The summed E-state index contributed by atoms with van der Waals surface area (Å²) in [6.45, 7) is 3.86. The number of fused-ring (bicyclic) bond motifs is 2. The zero-order valence-electron chi connectivity index (χ0n) is 33.1. The van der Waals surface area contributed by atoms with Crippen molar-refractivity contribution in [3.05, 3.63) is 102 Å². The van der Waals surface area contributed by atoms with Crippen LogP contribution in [0.5, 0.6) is 0 Å². The topological polar surface area (TPSA) is 165 Å². The average molecular weight is 813 g/mol. The first kappa shape index (κ1) is 38.8. The normalized spacial score (nSPS) is 19.4. The van der Waals surface area contributed by atoms with Gasteiger partial charge in [-0.15, -0.1) is 5.10 Å². The van der Waals surface area contributed by atoms with Crippen molar-refractivity contribution in [3.63, 3.8) is 0 Å². The Labute approximate surface area is 345 Å². The van der Waals surface area contributed by atoms with E-state index in [1.807, 2.05) is 45.8 Å². The minimum atomic E-state index is -1.02. The molecule has 4 aliphatic rings. The lowest BCUT2D eigenvalue weighted by atomic mass is 10.0. The molecule has 7 heterocycles. The molecular formula is C44H45FN10O5. The fraction of sp³-hybridized carbons (Fsp3) is 0.364. The van der Waals surface area contributed by atoms with E-state index in [4.69, 9.17) is 10.1 Å². The highest BCUT2D eigenvalue weighted by Gasteiger charge is 2.45. The van der Waals surface area contributed by atoms with Crippen LogP contribution < -0.4 is 20.4 Å². The summed E-state index contributed by atoms with van der Waals surface area (Å²) in [6.07, 6.45) is 6.57. The summed E-state index contributed by atoms with van der Waals surface area (Å²) in [5, 5.41) is 10.5. The van der Waals surface area contributed by atoms with Gasteiger partial charge in [0.05, 0.1) is 29.1 Å². The molecule has 4 aliphatic heterocycles. The summed E-state index contributed by atoms with van der Waals surface area (Å²) in [5.74, 6) is -0.637. The molecule has 3 aromatic heterocycles. The van der Waals surface area contributed by atoms with Crippen LogP contribution in [-0.2, 0) is 14.4 Å². The van der Waals surface area contributed by atoms with Gasteiger partial charge in [-0.05, 0) is 86.2 Å². The molecule has 9 rings (SSSR count). The van der Waals surface area contributed by atoms with Crippen molar-refractivity contribution in [3.8, 4) is 11.4 Å². The van der Waals surface area contributed by atoms with Gasteiger partial charge in [0.1, 0.15) is 29.2 Å². The Bertz CT molecular complexity index is 2500. The van der Waals surface area contributed by atoms with Gasteiger partial charge in [-0.25, -0.2) is 18.9 Å². The maximum Gasteiger partial charge on any atom is 0.264 e. The van der Waals surface area contributed by atoms with E-state index in [-0.39, 0.29) is 41.7 Å². The second-order valence-electron chi connectivity index (χ2n) is 15.7. The standard InChI is InChI=1S/C44H45FN10O5/c45-29-9-4-8-28(26-29)33-13-7-21-53(33)38-18-17-36-47-27-35(55(36)50-38)31-11-6-14-37(48-31)51-22-24-52(25-23-51)40(57)15-2-1-3-20-46-32-12-5-10-30-41(32)44(60)54(43(30)59)34-16-19-39(56)49-42(34)58/h4-6,8-12,14,17-18,26-27,33-34,46H,1-3,7,13,15-16,19-25H2,(H,49,56,58)/t33-,34?/m1/s1. The van der Waals surface area contributed by atoms with Crippen molar-refractivity contribution in [1.82, 2.24) is 34.7 Å². The van der Waals surface area contributed by atoms with Crippen LogP contribution in [-0.4, -0.2) is 104 Å². The number of rotatable bonds is 12. The first-order valence-corrected chi connectivity index (χ1v) is 20.7. The monoisotopic (exact) mass is 812 g/mol. The fourth-order valence-corrected chi connectivity index (χ4v) is 8.84. The van der Waals surface area contributed by atoms with Gasteiger partial charge in [-0.2, -0.15) is 0 Å². The molecule has 0 bridgehead atoms. The second-order valence-corrected chi connectivity index (χ2v) is 15.7. The van der Waals surface area contributed by atoms with Crippen LogP contribution >= 0.6 is 0 Å². The van der Waals surface area contributed by atoms with E-state index in [9.17, 15) is 28.4 Å². The first-order valence-electron chi connectivity index (χ1n) is 20.7. The van der Waals surface area contributed by atoms with Crippen LogP contribution in [0.4, 0.5) is 21.7 Å². The van der Waals surface area contributed by atoms with E-state index < -0.39 is 29.7 Å². The maximum atomic E-state index is 14.1. The Hall–Kier alpha value is -6.71. The molecule has 0 spiro atoms. The van der Waals surface area contributed by atoms with Crippen LogP contribution in [0.2, 0.25) is 0 Å². The van der Waals surface area contributed by atoms with Crippen LogP contribution in [0.3, 0.4) is 0 Å². The van der Waals surface area contributed by atoms with Crippen LogP contribution in [0.1, 0.15) is 83.7 Å². The highest BCUT2D eigenvalue weighted by Crippen LogP contribution is 2.36. The van der Waals surface area contributed by atoms with E-state index in [1.165, 1.54) is 6.07 Å². The Morgan fingerprint density at radius 1 is 0.833 bits per heavy atom. The lowest BCUT2D eigenvalue weighted by Crippen LogP contribution is -2.54. The number of hydrogen-bond donors (Lipinski definition) is 2. The molecular weight excluding hydrogens is 768 g/mol. The fourth-order valence-electron chi connectivity index (χ4n) is 8.84. The number of nitrogens with one attached hydrogen (secondary N) is 2. The molecule has 1 unspecified atom stereocenters. The van der Waals surface area contributed by atoms with Crippen LogP contribution in [0.25, 0.3) is 17.0 Å². The zero-order chi connectivity index (χ0) is 41.3. The third-order valence-corrected chi connectivity index (χ3v) is 11.9. The van der Waals surface area contributed by atoms with Crippen LogP contribution in [0, 0.1) is 5.82 Å². The van der Waals surface area contributed by atoms with E-state index in [0.29, 0.717) is 50.5 Å². The molecule has 3 saturated heterocycles. The van der Waals surface area contributed by atoms with Crippen molar-refractivity contribution < 1.29 is 28.4 Å². The molecule has 2 N–H and O–H groups in total. The molecule has 0 saturated carbocycles. The molecule has 308 valence electrons. The minimum absolute atomic E-state index is 0.0430. The Morgan fingerprint density at radius 3 is 2.50 bits per heavy atom. The predicted octanol–water partition coefficient (Wildman–Crippen LogP) is 4.99. The number of piperidine rings is 1. The molecule has 2 atom stereocenters. The number of imidazole rings is 1. The molecule has 5 amide bonds. The number of imide groups is 2. The third-order valence-electron chi connectivity index (χ3n) is 11.9. The molecule has 16 heteroatoms. The number of carbonyl (C=O) groups is 5. The van der Waals surface area contributed by atoms with Gasteiger partial charge < -0.3 is 20.0 Å². The maximum absolute atomic E-state index is 14.1. The molecule has 15 nitrogen and oxygen atoms in total. The number of nitrogens with zero attached hydrogens (tertiary/aromatic N) is 8. The SMILES string of the molecule is O=C1CCC(N2C(=O)c3cccc(NCCCCCC(=O)N4CCN(c5cccc(-c6cnc7ccc(N8CCC[C@@H]8c8cccc(F)c8)nn67)n5)CC4)c3C2=O)C(=O)N1. The second kappa shape index (κ2) is 16.5. The average Bonchev–Trinajstić information content (AvgIpc) is 3.99. The van der Waals surface area contributed by atoms with Gasteiger partial charge in [0.2, 0.25) is 17.7 Å². The van der Waals surface area contributed by atoms with Crippen molar-refractivity contribution in [1.29, 1.82) is 0 Å². The van der Waals surface area contributed by atoms with Crippen LogP contribution in [0.15, 0.2) is 79.0 Å². The number of benzene rings is 2. The van der Waals surface area contributed by atoms with Gasteiger partial charge in [-0.3, -0.25) is 34.2 Å². The summed E-state index contributed by atoms with van der Waals surface area (Å²) in [6, 6.07) is 20.7. The van der Waals surface area contributed by atoms with Crippen molar-refractivity contribution in [2.24, 2.45) is 0 Å². The zero-order valence-corrected chi connectivity index (χ0v) is 33.1. The summed E-state index contributed by atoms with van der Waals surface area (Å²) >= 11 is 0. The molecule has 3 fully saturated rings. The number of hydrogen-bond acceptors (Lipinski definition) is 11. The summed E-state index contributed by atoms with van der Waals surface area (Å²) in [5.41, 5.74) is 4.16. The van der Waals surface area contributed by atoms with Gasteiger partial charge in [0.15, 0.2) is 5.65 Å². The Morgan fingerprint density at radius 2 is 1.67 bits per heavy atom. The molecule has 0 aliphatic carbocycles. The van der Waals surface area contributed by atoms with E-state index in [1.54, 1.807) is 36.5 Å². The number of anilines is 3. The van der Waals surface area contributed by atoms with Gasteiger partial charge in [0, 0.05) is 57.8 Å². The number of pyridine rings is 1. The van der Waals surface area contributed by atoms with Crippen molar-refractivity contribution in [2.75, 3.05) is 54.4 Å². The number of piperazine rings is 1. The highest BCUT2D eigenvalue weighted by atomic mass is 19.1. The summed E-state index contributed by atoms with van der Waals surface area (Å²) < 4.78 is 15.9. The number of halogens is 1. The highest BCUT2D eigenvalue weighted by molar-refractivity contribution is 6.25. The smallest absolute Gasteiger partial charge is 0.264 e. The lowest BCUT2D eigenvalue weighted by Gasteiger charge is -2.35. The number of unbranched alkanes of at least 4 members (excludes halogenated alkanes) is 2. The van der Waals surface area contributed by atoms with E-state index in [0.717, 1.165) is 72.1 Å². The summed E-state index contributed by atoms with van der Waals surface area (Å²) in [4.78, 5) is 80.6. The van der Waals surface area contributed by atoms with Gasteiger partial charge in [-0.1, -0.05) is 30.7 Å². The van der Waals surface area contributed by atoms with Crippen molar-refractivity contribution >= 4 is 52.5 Å². The molecule has 60 heavy (non-hydrogen) atoms. The largest absolute Gasteiger partial charge is 0.384 e. The van der Waals surface area contributed by atoms with E-state index >= 15 is 0 Å².